The summed E-state index contributed by atoms with van der Waals surface area (Å²) in [5, 5.41) is 1.18. The van der Waals surface area contributed by atoms with Crippen LogP contribution in [0.1, 0.15) is 30.1 Å². The van der Waals surface area contributed by atoms with Gasteiger partial charge in [0, 0.05) is 18.1 Å². The van der Waals surface area contributed by atoms with Crippen molar-refractivity contribution in [3.05, 3.63) is 66.2 Å². The summed E-state index contributed by atoms with van der Waals surface area (Å²) < 4.78 is 5.41. The SMILES string of the molecule is c1ccc(C2CCCN2Cc2ccc3occc3c2)nc1. The Balaban J connectivity index is 1.57. The van der Waals surface area contributed by atoms with E-state index in [0.717, 1.165) is 18.7 Å². The highest BCUT2D eigenvalue weighted by Gasteiger charge is 2.26. The van der Waals surface area contributed by atoms with Crippen molar-refractivity contribution in [2.75, 3.05) is 6.54 Å². The second kappa shape index (κ2) is 5.34. The van der Waals surface area contributed by atoms with Gasteiger partial charge in [-0.25, -0.2) is 0 Å². The minimum absolute atomic E-state index is 0.450. The summed E-state index contributed by atoms with van der Waals surface area (Å²) in [7, 11) is 0. The molecule has 2 aromatic heterocycles. The normalized spacial score (nSPS) is 19.3. The third-order valence-electron chi connectivity index (χ3n) is 4.30. The van der Waals surface area contributed by atoms with Crippen LogP contribution in [0.15, 0.2) is 59.3 Å². The van der Waals surface area contributed by atoms with E-state index < -0.39 is 0 Å². The van der Waals surface area contributed by atoms with Crippen molar-refractivity contribution in [3.8, 4) is 0 Å². The quantitative estimate of drug-likeness (QED) is 0.720. The number of furan rings is 1. The second-order valence-corrected chi connectivity index (χ2v) is 5.68. The number of fused-ring (bicyclic) bond motifs is 1. The van der Waals surface area contributed by atoms with E-state index in [9.17, 15) is 0 Å². The third-order valence-corrected chi connectivity index (χ3v) is 4.30. The first-order chi connectivity index (χ1) is 10.4. The molecular formula is C18H18N2O. The van der Waals surface area contributed by atoms with Gasteiger partial charge in [-0.2, -0.15) is 0 Å². The molecular weight excluding hydrogens is 260 g/mol. The molecule has 3 heteroatoms. The molecule has 0 saturated carbocycles. The Bertz CT molecular complexity index is 735. The van der Waals surface area contributed by atoms with Crippen molar-refractivity contribution < 1.29 is 4.42 Å². The van der Waals surface area contributed by atoms with Crippen LogP contribution in [0.2, 0.25) is 0 Å². The predicted octanol–water partition coefficient (Wildman–Crippen LogP) is 4.16. The fourth-order valence-corrected chi connectivity index (χ4v) is 3.27. The number of nitrogens with zero attached hydrogens (tertiary/aromatic N) is 2. The maximum atomic E-state index is 5.41. The summed E-state index contributed by atoms with van der Waals surface area (Å²) in [6.07, 6.45) is 6.09. The van der Waals surface area contributed by atoms with Crippen molar-refractivity contribution in [1.82, 2.24) is 9.88 Å². The van der Waals surface area contributed by atoms with Crippen LogP contribution in [-0.2, 0) is 6.54 Å². The molecule has 3 aromatic rings. The Kier molecular flexibility index (Phi) is 3.20. The average molecular weight is 278 g/mol. The van der Waals surface area contributed by atoms with E-state index in [4.69, 9.17) is 4.42 Å². The lowest BCUT2D eigenvalue weighted by atomic mass is 10.1. The lowest BCUT2D eigenvalue weighted by Crippen LogP contribution is -2.23. The number of benzene rings is 1. The van der Waals surface area contributed by atoms with Gasteiger partial charge in [-0.3, -0.25) is 9.88 Å². The van der Waals surface area contributed by atoms with Crippen LogP contribution in [-0.4, -0.2) is 16.4 Å². The first kappa shape index (κ1) is 12.6. The molecule has 1 atom stereocenters. The van der Waals surface area contributed by atoms with Gasteiger partial charge in [-0.1, -0.05) is 12.1 Å². The van der Waals surface area contributed by atoms with E-state index in [2.05, 4.69) is 40.2 Å². The van der Waals surface area contributed by atoms with Crippen molar-refractivity contribution in [1.29, 1.82) is 0 Å². The molecule has 0 N–H and O–H groups in total. The Morgan fingerprint density at radius 2 is 2.19 bits per heavy atom. The van der Waals surface area contributed by atoms with E-state index in [1.807, 2.05) is 18.3 Å². The molecule has 1 saturated heterocycles. The van der Waals surface area contributed by atoms with Crippen LogP contribution in [0, 0.1) is 0 Å². The lowest BCUT2D eigenvalue weighted by molar-refractivity contribution is 0.244. The number of hydrogen-bond donors (Lipinski definition) is 0. The molecule has 3 heterocycles. The van der Waals surface area contributed by atoms with E-state index >= 15 is 0 Å². The highest BCUT2D eigenvalue weighted by Crippen LogP contribution is 2.32. The topological polar surface area (TPSA) is 29.3 Å². The fraction of sp³-hybridized carbons (Fsp3) is 0.278. The zero-order valence-corrected chi connectivity index (χ0v) is 11.9. The van der Waals surface area contributed by atoms with Gasteiger partial charge in [0.25, 0.3) is 0 Å². The molecule has 0 spiro atoms. The van der Waals surface area contributed by atoms with Gasteiger partial charge in [-0.05, 0) is 55.3 Å². The number of hydrogen-bond acceptors (Lipinski definition) is 3. The molecule has 4 rings (SSSR count). The first-order valence-corrected chi connectivity index (χ1v) is 7.51. The lowest BCUT2D eigenvalue weighted by Gasteiger charge is -2.24. The van der Waals surface area contributed by atoms with E-state index in [-0.39, 0.29) is 0 Å². The highest BCUT2D eigenvalue weighted by atomic mass is 16.3. The summed E-state index contributed by atoms with van der Waals surface area (Å²) in [4.78, 5) is 7.07. The van der Waals surface area contributed by atoms with Crippen LogP contribution < -0.4 is 0 Å². The Morgan fingerprint density at radius 1 is 1.19 bits per heavy atom. The summed E-state index contributed by atoms with van der Waals surface area (Å²) in [5.74, 6) is 0. The standard InChI is InChI=1S/C18H18N2O/c1-2-9-19-16(4-1)17-5-3-10-20(17)13-14-6-7-18-15(12-14)8-11-21-18/h1-2,4,6-9,11-12,17H,3,5,10,13H2. The molecule has 21 heavy (non-hydrogen) atoms. The monoisotopic (exact) mass is 278 g/mol. The predicted molar refractivity (Wildman–Crippen MR) is 82.8 cm³/mol. The average Bonchev–Trinajstić information content (AvgIpc) is 3.16. The second-order valence-electron chi connectivity index (χ2n) is 5.68. The van der Waals surface area contributed by atoms with Gasteiger partial charge in [0.15, 0.2) is 0 Å². The summed E-state index contributed by atoms with van der Waals surface area (Å²) in [6.45, 7) is 2.12. The Hall–Kier alpha value is -2.13. The van der Waals surface area contributed by atoms with Gasteiger partial charge in [-0.15, -0.1) is 0 Å². The van der Waals surface area contributed by atoms with Crippen LogP contribution in [0.3, 0.4) is 0 Å². The molecule has 0 aliphatic carbocycles. The van der Waals surface area contributed by atoms with Crippen LogP contribution in [0.25, 0.3) is 11.0 Å². The van der Waals surface area contributed by atoms with Gasteiger partial charge in [0.2, 0.25) is 0 Å². The van der Waals surface area contributed by atoms with E-state index in [0.29, 0.717) is 6.04 Å². The number of pyridine rings is 1. The molecule has 106 valence electrons. The van der Waals surface area contributed by atoms with Crippen molar-refractivity contribution in [3.63, 3.8) is 0 Å². The number of aromatic nitrogens is 1. The maximum absolute atomic E-state index is 5.41. The minimum atomic E-state index is 0.450. The zero-order valence-electron chi connectivity index (χ0n) is 11.9. The van der Waals surface area contributed by atoms with Crippen LogP contribution in [0.4, 0.5) is 0 Å². The third kappa shape index (κ3) is 2.45. The van der Waals surface area contributed by atoms with Gasteiger partial charge >= 0.3 is 0 Å². The van der Waals surface area contributed by atoms with Gasteiger partial charge < -0.3 is 4.42 Å². The molecule has 1 aliphatic heterocycles. The number of likely N-dealkylation sites (tertiary alicyclic amines) is 1. The Morgan fingerprint density at radius 3 is 3.10 bits per heavy atom. The summed E-state index contributed by atoms with van der Waals surface area (Å²) >= 11 is 0. The smallest absolute Gasteiger partial charge is 0.133 e. The van der Waals surface area contributed by atoms with Crippen molar-refractivity contribution in [2.45, 2.75) is 25.4 Å². The molecule has 0 amide bonds. The molecule has 1 unspecified atom stereocenters. The zero-order chi connectivity index (χ0) is 14.1. The largest absolute Gasteiger partial charge is 0.464 e. The number of rotatable bonds is 3. The Labute approximate surface area is 124 Å². The molecule has 3 nitrogen and oxygen atoms in total. The van der Waals surface area contributed by atoms with Crippen LogP contribution >= 0.6 is 0 Å². The molecule has 1 aromatic carbocycles. The van der Waals surface area contributed by atoms with Gasteiger partial charge in [0.05, 0.1) is 18.0 Å². The van der Waals surface area contributed by atoms with Crippen LogP contribution in [0.5, 0.6) is 0 Å². The summed E-state index contributed by atoms with van der Waals surface area (Å²) in [5.41, 5.74) is 3.49. The molecule has 0 radical (unpaired) electrons. The maximum Gasteiger partial charge on any atom is 0.133 e. The molecule has 1 fully saturated rings. The summed E-state index contributed by atoms with van der Waals surface area (Å²) in [6, 6.07) is 15.1. The van der Waals surface area contributed by atoms with E-state index in [1.54, 1.807) is 6.26 Å². The highest BCUT2D eigenvalue weighted by molar-refractivity contribution is 5.77. The fourth-order valence-electron chi connectivity index (χ4n) is 3.27. The molecule has 1 aliphatic rings. The van der Waals surface area contributed by atoms with Crippen molar-refractivity contribution in [2.24, 2.45) is 0 Å². The first-order valence-electron chi connectivity index (χ1n) is 7.51. The molecule has 0 bridgehead atoms. The van der Waals surface area contributed by atoms with E-state index in [1.165, 1.54) is 29.5 Å². The van der Waals surface area contributed by atoms with Gasteiger partial charge in [0.1, 0.15) is 5.58 Å². The van der Waals surface area contributed by atoms with Crippen molar-refractivity contribution >= 4 is 11.0 Å². The minimum Gasteiger partial charge on any atom is -0.464 e.